The summed E-state index contributed by atoms with van der Waals surface area (Å²) >= 11 is 3.39. The summed E-state index contributed by atoms with van der Waals surface area (Å²) in [5, 5.41) is 3.23. The number of hydrogen-bond acceptors (Lipinski definition) is 3. The van der Waals surface area contributed by atoms with Crippen molar-refractivity contribution in [2.24, 2.45) is 0 Å². The zero-order valence-corrected chi connectivity index (χ0v) is 15.3. The zero-order valence-electron chi connectivity index (χ0n) is 13.7. The molecule has 0 saturated carbocycles. The summed E-state index contributed by atoms with van der Waals surface area (Å²) in [6.07, 6.45) is 0.373. The maximum absolute atomic E-state index is 12.7. The first-order chi connectivity index (χ1) is 11.0. The molecule has 1 aliphatic rings. The summed E-state index contributed by atoms with van der Waals surface area (Å²) in [6.45, 7) is 7.59. The van der Waals surface area contributed by atoms with Gasteiger partial charge in [0.15, 0.2) is 0 Å². The molecule has 1 aliphatic heterocycles. The van der Waals surface area contributed by atoms with E-state index >= 15 is 0 Å². The van der Waals surface area contributed by atoms with Gasteiger partial charge in [-0.1, -0.05) is 22.0 Å². The number of halogens is 1. The summed E-state index contributed by atoms with van der Waals surface area (Å²) < 4.78 is 0.879. The Hall–Kier alpha value is -1.40. The van der Waals surface area contributed by atoms with Crippen LogP contribution >= 0.6 is 15.9 Å². The number of nitrogens with zero attached hydrogens (tertiary/aromatic N) is 2. The predicted octanol–water partition coefficient (Wildman–Crippen LogP) is 2.12. The first-order valence-electron chi connectivity index (χ1n) is 8.04. The van der Waals surface area contributed by atoms with E-state index in [2.05, 4.69) is 21.2 Å². The van der Waals surface area contributed by atoms with Gasteiger partial charge in [0.1, 0.15) is 0 Å². The molecule has 2 amide bonds. The van der Waals surface area contributed by atoms with Gasteiger partial charge >= 0.3 is 0 Å². The predicted molar refractivity (Wildman–Crippen MR) is 94.4 cm³/mol. The van der Waals surface area contributed by atoms with Gasteiger partial charge in [0.25, 0.3) is 5.91 Å². The Balaban J connectivity index is 1.98. The van der Waals surface area contributed by atoms with E-state index in [0.717, 1.165) is 30.7 Å². The molecule has 0 unspecified atom stereocenters. The lowest BCUT2D eigenvalue weighted by Crippen LogP contribution is -2.47. The zero-order chi connectivity index (χ0) is 16.8. The molecule has 0 radical (unpaired) electrons. The Morgan fingerprint density at radius 3 is 2.61 bits per heavy atom. The molecule has 1 N–H and O–H groups in total. The van der Waals surface area contributed by atoms with E-state index in [4.69, 9.17) is 0 Å². The molecular formula is C17H24BrN3O2. The van der Waals surface area contributed by atoms with Crippen molar-refractivity contribution in [2.45, 2.75) is 26.3 Å². The Bertz CT molecular complexity index is 557. The van der Waals surface area contributed by atoms with Crippen molar-refractivity contribution in [3.63, 3.8) is 0 Å². The molecule has 0 aliphatic carbocycles. The van der Waals surface area contributed by atoms with Crippen LogP contribution in [0.5, 0.6) is 0 Å². The highest BCUT2D eigenvalue weighted by atomic mass is 79.9. The van der Waals surface area contributed by atoms with Crippen LogP contribution in [0.25, 0.3) is 0 Å². The SMILES string of the molecule is CC(C)N(CCC(=O)N1CCNCC1)C(=O)c1cccc(Br)c1. The van der Waals surface area contributed by atoms with Gasteiger partial charge in [0, 0.05) is 55.2 Å². The molecule has 1 saturated heterocycles. The van der Waals surface area contributed by atoms with E-state index in [1.54, 1.807) is 11.0 Å². The maximum atomic E-state index is 12.7. The third-order valence-electron chi connectivity index (χ3n) is 3.99. The lowest BCUT2D eigenvalue weighted by atomic mass is 10.1. The number of rotatable bonds is 5. The van der Waals surface area contributed by atoms with E-state index in [9.17, 15) is 9.59 Å². The van der Waals surface area contributed by atoms with Gasteiger partial charge in [-0.05, 0) is 32.0 Å². The van der Waals surface area contributed by atoms with E-state index in [0.29, 0.717) is 18.5 Å². The fourth-order valence-corrected chi connectivity index (χ4v) is 3.07. The normalized spacial score (nSPS) is 14.9. The minimum atomic E-state index is -0.0330. The molecular weight excluding hydrogens is 358 g/mol. The van der Waals surface area contributed by atoms with Crippen LogP contribution in [0.4, 0.5) is 0 Å². The summed E-state index contributed by atoms with van der Waals surface area (Å²) in [4.78, 5) is 28.6. The molecule has 5 nitrogen and oxygen atoms in total. The minimum absolute atomic E-state index is 0.0330. The number of hydrogen-bond donors (Lipinski definition) is 1. The largest absolute Gasteiger partial charge is 0.340 e. The van der Waals surface area contributed by atoms with E-state index < -0.39 is 0 Å². The standard InChI is InChI=1S/C17H24BrN3O2/c1-13(2)21(17(23)14-4-3-5-15(18)12-14)9-6-16(22)20-10-7-19-8-11-20/h3-5,12-13,19H,6-11H2,1-2H3. The topological polar surface area (TPSA) is 52.7 Å². The van der Waals surface area contributed by atoms with Crippen LogP contribution in [-0.2, 0) is 4.79 Å². The highest BCUT2D eigenvalue weighted by Crippen LogP contribution is 2.15. The van der Waals surface area contributed by atoms with Crippen LogP contribution in [0.2, 0.25) is 0 Å². The molecule has 126 valence electrons. The number of carbonyl (C=O) groups is 2. The Morgan fingerprint density at radius 1 is 1.30 bits per heavy atom. The molecule has 2 rings (SSSR count). The fraction of sp³-hybridized carbons (Fsp3) is 0.529. The van der Waals surface area contributed by atoms with Crippen LogP contribution < -0.4 is 5.32 Å². The first-order valence-corrected chi connectivity index (χ1v) is 8.83. The quantitative estimate of drug-likeness (QED) is 0.849. The van der Waals surface area contributed by atoms with Crippen molar-refractivity contribution in [1.82, 2.24) is 15.1 Å². The van der Waals surface area contributed by atoms with Crippen molar-refractivity contribution >= 4 is 27.7 Å². The van der Waals surface area contributed by atoms with Crippen LogP contribution in [0.1, 0.15) is 30.6 Å². The Kier molecular flexibility index (Phi) is 6.59. The van der Waals surface area contributed by atoms with Gasteiger partial charge < -0.3 is 15.1 Å². The summed E-state index contributed by atoms with van der Waals surface area (Å²) in [5.41, 5.74) is 0.641. The van der Waals surface area contributed by atoms with E-state index in [-0.39, 0.29) is 17.9 Å². The molecule has 1 aromatic carbocycles. The van der Waals surface area contributed by atoms with Gasteiger partial charge in [0.2, 0.25) is 5.91 Å². The van der Waals surface area contributed by atoms with Gasteiger partial charge in [0.05, 0.1) is 0 Å². The molecule has 1 aromatic rings. The van der Waals surface area contributed by atoms with Gasteiger partial charge in [-0.3, -0.25) is 9.59 Å². The molecule has 23 heavy (non-hydrogen) atoms. The first kappa shape index (κ1) is 17.9. The smallest absolute Gasteiger partial charge is 0.254 e. The molecule has 0 aromatic heterocycles. The number of nitrogens with one attached hydrogen (secondary N) is 1. The maximum Gasteiger partial charge on any atom is 0.254 e. The summed E-state index contributed by atoms with van der Waals surface area (Å²) in [7, 11) is 0. The van der Waals surface area contributed by atoms with Crippen molar-refractivity contribution in [2.75, 3.05) is 32.7 Å². The van der Waals surface area contributed by atoms with Crippen molar-refractivity contribution in [3.05, 3.63) is 34.3 Å². The molecule has 0 bridgehead atoms. The average Bonchev–Trinajstić information content (AvgIpc) is 2.55. The second-order valence-corrected chi connectivity index (χ2v) is 6.90. The van der Waals surface area contributed by atoms with Crippen molar-refractivity contribution in [3.8, 4) is 0 Å². The molecule has 1 heterocycles. The third-order valence-corrected chi connectivity index (χ3v) is 4.49. The van der Waals surface area contributed by atoms with Crippen LogP contribution in [0, 0.1) is 0 Å². The van der Waals surface area contributed by atoms with E-state index in [1.807, 2.05) is 36.9 Å². The molecule has 0 spiro atoms. The van der Waals surface area contributed by atoms with Gasteiger partial charge in [-0.25, -0.2) is 0 Å². The van der Waals surface area contributed by atoms with Crippen molar-refractivity contribution in [1.29, 1.82) is 0 Å². The molecule has 0 atom stereocenters. The number of benzene rings is 1. The van der Waals surface area contributed by atoms with E-state index in [1.165, 1.54) is 0 Å². The monoisotopic (exact) mass is 381 g/mol. The average molecular weight is 382 g/mol. The highest BCUT2D eigenvalue weighted by molar-refractivity contribution is 9.10. The number of piperazine rings is 1. The summed E-state index contributed by atoms with van der Waals surface area (Å²) in [5.74, 6) is 0.0913. The third kappa shape index (κ3) is 5.04. The van der Waals surface area contributed by atoms with Gasteiger partial charge in [-0.15, -0.1) is 0 Å². The fourth-order valence-electron chi connectivity index (χ4n) is 2.67. The second-order valence-electron chi connectivity index (χ2n) is 5.98. The number of carbonyl (C=O) groups excluding carboxylic acids is 2. The number of amides is 2. The molecule has 1 fully saturated rings. The highest BCUT2D eigenvalue weighted by Gasteiger charge is 2.22. The minimum Gasteiger partial charge on any atom is -0.340 e. The lowest BCUT2D eigenvalue weighted by Gasteiger charge is -2.30. The van der Waals surface area contributed by atoms with Crippen molar-refractivity contribution < 1.29 is 9.59 Å². The van der Waals surface area contributed by atoms with Crippen LogP contribution in [0.15, 0.2) is 28.7 Å². The van der Waals surface area contributed by atoms with Crippen LogP contribution in [-0.4, -0.2) is 60.4 Å². The second kappa shape index (κ2) is 8.45. The Morgan fingerprint density at radius 2 is 2.00 bits per heavy atom. The molecule has 6 heteroatoms. The Labute approximate surface area is 146 Å². The lowest BCUT2D eigenvalue weighted by molar-refractivity contribution is -0.132. The van der Waals surface area contributed by atoms with Crippen LogP contribution in [0.3, 0.4) is 0 Å². The van der Waals surface area contributed by atoms with Gasteiger partial charge in [-0.2, -0.15) is 0 Å². The summed E-state index contributed by atoms with van der Waals surface area (Å²) in [6, 6.07) is 7.42.